The first-order chi connectivity index (χ1) is 10.3. The van der Waals surface area contributed by atoms with Gasteiger partial charge in [0.05, 0.1) is 4.92 Å². The van der Waals surface area contributed by atoms with E-state index in [4.69, 9.17) is 27.9 Å². The summed E-state index contributed by atoms with van der Waals surface area (Å²) in [5.74, 6) is -1.17. The van der Waals surface area contributed by atoms with Crippen LogP contribution in [0.2, 0.25) is 0 Å². The smallest absolute Gasteiger partial charge is 0.340 e. The molecule has 0 atom stereocenters. The third-order valence-electron chi connectivity index (χ3n) is 2.97. The Kier molecular flexibility index (Phi) is 4.63. The number of benzene rings is 1. The zero-order valence-electron chi connectivity index (χ0n) is 10.9. The topological polar surface area (TPSA) is 86.5 Å². The Balaban J connectivity index is 2.43. The summed E-state index contributed by atoms with van der Waals surface area (Å²) in [5, 5.41) is 10.7. The first-order valence-corrected chi connectivity index (χ1v) is 6.90. The second-order valence-corrected chi connectivity index (χ2v) is 5.48. The number of carbonyl (C=O) groups is 2. The Labute approximate surface area is 135 Å². The number of nitrogens with zero attached hydrogens (tertiary/aromatic N) is 1. The summed E-state index contributed by atoms with van der Waals surface area (Å²) in [7, 11) is 0. The Morgan fingerprint density at radius 1 is 1.18 bits per heavy atom. The van der Waals surface area contributed by atoms with E-state index in [1.807, 2.05) is 0 Å². The zero-order chi connectivity index (χ0) is 16.3. The number of carbonyl (C=O) groups excluding carboxylic acids is 2. The van der Waals surface area contributed by atoms with Gasteiger partial charge in [-0.15, -0.1) is 0 Å². The molecule has 0 aliphatic heterocycles. The summed E-state index contributed by atoms with van der Waals surface area (Å²) in [4.78, 5) is 31.7. The minimum atomic E-state index is -1.39. The van der Waals surface area contributed by atoms with Crippen molar-refractivity contribution in [2.75, 3.05) is 0 Å². The van der Waals surface area contributed by atoms with Gasteiger partial charge in [0.2, 0.25) is 4.84 Å². The van der Waals surface area contributed by atoms with Crippen molar-refractivity contribution in [2.45, 2.75) is 10.4 Å². The molecule has 2 rings (SSSR count). The number of alkyl halides is 2. The SMILES string of the molecule is O=C1C=CC(OC(=O)C(Cl)Cl)(c2ccc([N+](=O)[O-])cc2)C=C1. The molecule has 1 aliphatic carbocycles. The normalized spacial score (nSPS) is 15.9. The summed E-state index contributed by atoms with van der Waals surface area (Å²) >= 11 is 11.0. The molecule has 22 heavy (non-hydrogen) atoms. The summed E-state index contributed by atoms with van der Waals surface area (Å²) in [6.07, 6.45) is 5.19. The van der Waals surface area contributed by atoms with Gasteiger partial charge in [-0.2, -0.15) is 0 Å². The maximum absolute atomic E-state index is 11.7. The number of non-ortho nitro benzene ring substituents is 1. The van der Waals surface area contributed by atoms with Crippen LogP contribution < -0.4 is 0 Å². The van der Waals surface area contributed by atoms with Gasteiger partial charge in [0.25, 0.3) is 5.69 Å². The van der Waals surface area contributed by atoms with Gasteiger partial charge in [-0.1, -0.05) is 23.2 Å². The molecule has 0 radical (unpaired) electrons. The fraction of sp³-hybridized carbons (Fsp3) is 0.143. The van der Waals surface area contributed by atoms with Crippen LogP contribution >= 0.6 is 23.2 Å². The van der Waals surface area contributed by atoms with E-state index in [2.05, 4.69) is 0 Å². The summed E-state index contributed by atoms with van der Waals surface area (Å²) < 4.78 is 5.28. The number of ketones is 1. The molecule has 0 bridgehead atoms. The van der Waals surface area contributed by atoms with Crippen LogP contribution in [0.4, 0.5) is 5.69 Å². The Morgan fingerprint density at radius 3 is 2.18 bits per heavy atom. The quantitative estimate of drug-likeness (QED) is 0.363. The maximum atomic E-state index is 11.7. The highest BCUT2D eigenvalue weighted by Crippen LogP contribution is 2.33. The first kappa shape index (κ1) is 16.2. The highest BCUT2D eigenvalue weighted by Gasteiger charge is 2.35. The lowest BCUT2D eigenvalue weighted by Crippen LogP contribution is -2.32. The first-order valence-electron chi connectivity index (χ1n) is 6.02. The molecule has 8 heteroatoms. The van der Waals surface area contributed by atoms with Crippen LogP contribution in [0, 0.1) is 10.1 Å². The molecule has 0 saturated heterocycles. The summed E-state index contributed by atoms with van der Waals surface area (Å²) in [5.41, 5.74) is -1.08. The van der Waals surface area contributed by atoms with E-state index in [-0.39, 0.29) is 11.5 Å². The molecule has 0 aromatic heterocycles. The second kappa shape index (κ2) is 6.29. The fourth-order valence-corrected chi connectivity index (χ4v) is 1.99. The third kappa shape index (κ3) is 3.35. The zero-order valence-corrected chi connectivity index (χ0v) is 12.5. The second-order valence-electron chi connectivity index (χ2n) is 4.39. The van der Waals surface area contributed by atoms with Crippen molar-refractivity contribution in [3.05, 3.63) is 64.2 Å². The van der Waals surface area contributed by atoms with Gasteiger partial charge in [0.1, 0.15) is 0 Å². The molecular formula is C14H9Cl2NO5. The highest BCUT2D eigenvalue weighted by molar-refractivity contribution is 6.52. The average molecular weight is 342 g/mol. The van der Waals surface area contributed by atoms with Crippen molar-refractivity contribution in [1.29, 1.82) is 0 Å². The van der Waals surface area contributed by atoms with E-state index >= 15 is 0 Å². The fourth-order valence-electron chi connectivity index (χ4n) is 1.90. The van der Waals surface area contributed by atoms with Crippen LogP contribution in [0.25, 0.3) is 0 Å². The van der Waals surface area contributed by atoms with Gasteiger partial charge in [-0.05, 0) is 36.4 Å². The van der Waals surface area contributed by atoms with Gasteiger partial charge in [0, 0.05) is 17.7 Å². The summed E-state index contributed by atoms with van der Waals surface area (Å²) in [6, 6.07) is 5.38. The van der Waals surface area contributed by atoms with Crippen molar-refractivity contribution in [1.82, 2.24) is 0 Å². The average Bonchev–Trinajstić information content (AvgIpc) is 2.49. The van der Waals surface area contributed by atoms with Gasteiger partial charge >= 0.3 is 5.97 Å². The van der Waals surface area contributed by atoms with E-state index in [1.165, 1.54) is 48.6 Å². The lowest BCUT2D eigenvalue weighted by Gasteiger charge is -2.29. The van der Waals surface area contributed by atoms with E-state index < -0.39 is 21.3 Å². The number of halogens is 2. The van der Waals surface area contributed by atoms with Crippen LogP contribution in [0.5, 0.6) is 0 Å². The predicted molar refractivity (Wildman–Crippen MR) is 79.6 cm³/mol. The van der Waals surface area contributed by atoms with Crippen molar-refractivity contribution in [3.8, 4) is 0 Å². The number of nitro groups is 1. The monoisotopic (exact) mass is 341 g/mol. The molecule has 0 spiro atoms. The number of ether oxygens (including phenoxy) is 1. The standard InChI is InChI=1S/C14H9Cl2NO5/c15-12(16)13(19)22-14(7-5-11(18)6-8-14)9-1-3-10(4-2-9)17(20)21/h1-8,12H. The third-order valence-corrected chi connectivity index (χ3v) is 3.32. The molecule has 1 aliphatic rings. The maximum Gasteiger partial charge on any atom is 0.340 e. The van der Waals surface area contributed by atoms with Gasteiger partial charge in [-0.25, -0.2) is 4.79 Å². The van der Waals surface area contributed by atoms with E-state index in [0.717, 1.165) is 0 Å². The lowest BCUT2D eigenvalue weighted by atomic mass is 9.89. The van der Waals surface area contributed by atoms with Gasteiger partial charge in [-0.3, -0.25) is 14.9 Å². The molecule has 0 fully saturated rings. The summed E-state index contributed by atoms with van der Waals surface area (Å²) in [6.45, 7) is 0. The molecule has 1 aromatic rings. The number of nitro benzene ring substituents is 1. The number of hydrogen-bond acceptors (Lipinski definition) is 5. The molecule has 0 saturated carbocycles. The number of allylic oxidation sites excluding steroid dienone is 2. The number of hydrogen-bond donors (Lipinski definition) is 0. The molecular weight excluding hydrogens is 333 g/mol. The largest absolute Gasteiger partial charge is 0.443 e. The van der Waals surface area contributed by atoms with Crippen LogP contribution in [0.3, 0.4) is 0 Å². The minimum Gasteiger partial charge on any atom is -0.443 e. The van der Waals surface area contributed by atoms with Crippen LogP contribution in [0.15, 0.2) is 48.6 Å². The molecule has 0 heterocycles. The Bertz CT molecular complexity index is 663. The Morgan fingerprint density at radius 2 is 1.73 bits per heavy atom. The Hall–Kier alpha value is -2.18. The molecule has 0 N–H and O–H groups in total. The van der Waals surface area contributed by atoms with Crippen molar-refractivity contribution < 1.29 is 19.2 Å². The molecule has 0 unspecified atom stereocenters. The van der Waals surface area contributed by atoms with Crippen LogP contribution in [-0.4, -0.2) is 21.5 Å². The number of rotatable bonds is 4. The van der Waals surface area contributed by atoms with E-state index in [1.54, 1.807) is 0 Å². The van der Waals surface area contributed by atoms with Gasteiger partial charge in [0.15, 0.2) is 11.4 Å². The van der Waals surface area contributed by atoms with Crippen LogP contribution in [0.1, 0.15) is 5.56 Å². The lowest BCUT2D eigenvalue weighted by molar-refractivity contribution is -0.384. The predicted octanol–water partition coefficient (Wildman–Crippen LogP) is 2.83. The van der Waals surface area contributed by atoms with Crippen LogP contribution in [-0.2, 0) is 19.9 Å². The molecule has 6 nitrogen and oxygen atoms in total. The molecule has 0 amide bonds. The minimum absolute atomic E-state index is 0.113. The van der Waals surface area contributed by atoms with Gasteiger partial charge < -0.3 is 4.74 Å². The van der Waals surface area contributed by atoms with E-state index in [0.29, 0.717) is 5.56 Å². The van der Waals surface area contributed by atoms with Crippen molar-refractivity contribution in [3.63, 3.8) is 0 Å². The molecule has 114 valence electrons. The van der Waals surface area contributed by atoms with Crippen molar-refractivity contribution in [2.24, 2.45) is 0 Å². The van der Waals surface area contributed by atoms with E-state index in [9.17, 15) is 19.7 Å². The molecule has 1 aromatic carbocycles. The highest BCUT2D eigenvalue weighted by atomic mass is 35.5. The number of esters is 1. The van der Waals surface area contributed by atoms with Crippen molar-refractivity contribution >= 4 is 40.6 Å².